The minimum atomic E-state index is 0. The number of pyridine rings is 1. The van der Waals surface area contributed by atoms with Crippen molar-refractivity contribution in [3.8, 4) is 0 Å². The molecule has 0 spiro atoms. The van der Waals surface area contributed by atoms with Gasteiger partial charge < -0.3 is 15.0 Å². The summed E-state index contributed by atoms with van der Waals surface area (Å²) in [5.41, 5.74) is 1.32. The smallest absolute Gasteiger partial charge is 0.128 e. The highest BCUT2D eigenvalue weighted by atomic mass is 35.5. The minimum Gasteiger partial charge on any atom is -0.383 e. The van der Waals surface area contributed by atoms with Gasteiger partial charge in [-0.2, -0.15) is 0 Å². The number of aromatic nitrogens is 1. The van der Waals surface area contributed by atoms with Crippen LogP contribution in [0.4, 0.5) is 5.82 Å². The van der Waals surface area contributed by atoms with Gasteiger partial charge in [-0.15, -0.1) is 12.4 Å². The van der Waals surface area contributed by atoms with E-state index < -0.39 is 0 Å². The van der Waals surface area contributed by atoms with Crippen LogP contribution in [-0.2, 0) is 11.3 Å². The minimum absolute atomic E-state index is 0. The van der Waals surface area contributed by atoms with Crippen molar-refractivity contribution < 1.29 is 4.74 Å². The van der Waals surface area contributed by atoms with Gasteiger partial charge >= 0.3 is 0 Å². The van der Waals surface area contributed by atoms with E-state index in [-0.39, 0.29) is 12.4 Å². The van der Waals surface area contributed by atoms with Gasteiger partial charge in [-0.05, 0) is 37.4 Å². The quantitative estimate of drug-likeness (QED) is 0.856. The summed E-state index contributed by atoms with van der Waals surface area (Å²) in [6, 6.07) is 5.81. The molecule has 5 nitrogen and oxygen atoms in total. The molecule has 130 valence electrons. The van der Waals surface area contributed by atoms with Crippen molar-refractivity contribution in [3.63, 3.8) is 0 Å². The van der Waals surface area contributed by atoms with E-state index in [4.69, 9.17) is 4.74 Å². The number of methoxy groups -OCH3 is 1. The Hall–Kier alpha value is -0.880. The van der Waals surface area contributed by atoms with Gasteiger partial charge in [0.05, 0.1) is 6.61 Å². The van der Waals surface area contributed by atoms with Gasteiger partial charge in [0.2, 0.25) is 0 Å². The number of ether oxygens (including phenoxy) is 1. The summed E-state index contributed by atoms with van der Waals surface area (Å²) >= 11 is 0. The number of hydrogen-bond acceptors (Lipinski definition) is 5. The Morgan fingerprint density at radius 1 is 1.30 bits per heavy atom. The first kappa shape index (κ1) is 18.5. The van der Waals surface area contributed by atoms with Crippen LogP contribution < -0.4 is 10.2 Å². The number of likely N-dealkylation sites (N-methyl/N-ethyl adjacent to an activating group) is 1. The fourth-order valence-corrected chi connectivity index (χ4v) is 3.63. The van der Waals surface area contributed by atoms with Crippen LogP contribution in [0, 0.1) is 0 Å². The highest BCUT2D eigenvalue weighted by Gasteiger charge is 2.34. The third-order valence-corrected chi connectivity index (χ3v) is 5.00. The van der Waals surface area contributed by atoms with E-state index in [9.17, 15) is 0 Å². The van der Waals surface area contributed by atoms with Crippen molar-refractivity contribution in [2.75, 3.05) is 45.3 Å². The maximum Gasteiger partial charge on any atom is 0.128 e. The maximum absolute atomic E-state index is 5.12. The van der Waals surface area contributed by atoms with Crippen molar-refractivity contribution in [1.82, 2.24) is 15.2 Å². The van der Waals surface area contributed by atoms with Gasteiger partial charge in [0.25, 0.3) is 0 Å². The standard InChI is InChI=1S/C17H28N4O.ClH/c1-20(9-10-22-2)17-6-3-14(11-19-17)13-21-15-4-5-16(21)12-18-8-7-15;/h3,6,11,15-16,18H,4-5,7-10,12-13H2,1-2H3;1H. The summed E-state index contributed by atoms with van der Waals surface area (Å²) in [5, 5.41) is 3.56. The van der Waals surface area contributed by atoms with Gasteiger partial charge in [-0.25, -0.2) is 4.98 Å². The second-order valence-electron chi connectivity index (χ2n) is 6.49. The number of halogens is 1. The van der Waals surface area contributed by atoms with Crippen molar-refractivity contribution in [2.24, 2.45) is 0 Å². The summed E-state index contributed by atoms with van der Waals surface area (Å²) in [7, 11) is 3.79. The number of anilines is 1. The Balaban J connectivity index is 0.00000192. The largest absolute Gasteiger partial charge is 0.383 e. The molecule has 2 aliphatic rings. The van der Waals surface area contributed by atoms with Crippen LogP contribution in [0.15, 0.2) is 18.3 Å². The van der Waals surface area contributed by atoms with E-state index in [1.54, 1.807) is 7.11 Å². The second kappa shape index (κ2) is 8.83. The molecule has 1 aromatic heterocycles. The van der Waals surface area contributed by atoms with Crippen molar-refractivity contribution in [1.29, 1.82) is 0 Å². The van der Waals surface area contributed by atoms with E-state index in [0.29, 0.717) is 6.04 Å². The van der Waals surface area contributed by atoms with E-state index in [1.165, 1.54) is 31.4 Å². The molecule has 3 heterocycles. The zero-order valence-electron chi connectivity index (χ0n) is 14.2. The molecular formula is C17H29ClN4O. The van der Waals surface area contributed by atoms with E-state index in [1.807, 2.05) is 6.20 Å². The summed E-state index contributed by atoms with van der Waals surface area (Å²) in [6.45, 7) is 4.93. The number of hydrogen-bond donors (Lipinski definition) is 1. The van der Waals surface area contributed by atoms with E-state index in [0.717, 1.165) is 38.1 Å². The van der Waals surface area contributed by atoms with Crippen molar-refractivity contribution in [2.45, 2.75) is 37.9 Å². The topological polar surface area (TPSA) is 40.6 Å². The molecule has 0 saturated carbocycles. The van der Waals surface area contributed by atoms with E-state index >= 15 is 0 Å². The third kappa shape index (κ3) is 4.57. The van der Waals surface area contributed by atoms with Gasteiger partial charge in [-0.1, -0.05) is 6.07 Å². The number of nitrogens with zero attached hydrogens (tertiary/aromatic N) is 3. The third-order valence-electron chi connectivity index (χ3n) is 5.00. The van der Waals surface area contributed by atoms with Crippen LogP contribution in [0.5, 0.6) is 0 Å². The number of fused-ring (bicyclic) bond motifs is 2. The van der Waals surface area contributed by atoms with Crippen LogP contribution in [0.25, 0.3) is 0 Å². The normalized spacial score (nSPS) is 24.1. The molecule has 0 aliphatic carbocycles. The van der Waals surface area contributed by atoms with Crippen LogP contribution in [0.2, 0.25) is 0 Å². The maximum atomic E-state index is 5.12. The Bertz CT molecular complexity index is 456. The summed E-state index contributed by atoms with van der Waals surface area (Å²) in [5.74, 6) is 1.02. The predicted molar refractivity (Wildman–Crippen MR) is 96.5 cm³/mol. The molecule has 2 unspecified atom stereocenters. The van der Waals surface area contributed by atoms with Gasteiger partial charge in [0.1, 0.15) is 5.82 Å². The lowest BCUT2D eigenvalue weighted by Gasteiger charge is -2.27. The number of nitrogens with one attached hydrogen (secondary N) is 1. The SMILES string of the molecule is COCCN(C)c1ccc(CN2C3CCNCC2CC3)cn1.Cl. The van der Waals surface area contributed by atoms with Crippen LogP contribution in [0.3, 0.4) is 0 Å². The fraction of sp³-hybridized carbons (Fsp3) is 0.706. The zero-order valence-corrected chi connectivity index (χ0v) is 15.0. The molecule has 3 rings (SSSR count). The molecule has 6 heteroatoms. The summed E-state index contributed by atoms with van der Waals surface area (Å²) in [6.07, 6.45) is 6.01. The molecule has 2 atom stereocenters. The van der Waals surface area contributed by atoms with Gasteiger partial charge in [0, 0.05) is 52.1 Å². The summed E-state index contributed by atoms with van der Waals surface area (Å²) < 4.78 is 5.12. The molecule has 2 bridgehead atoms. The first-order valence-corrected chi connectivity index (χ1v) is 8.39. The molecule has 1 N–H and O–H groups in total. The Labute approximate surface area is 145 Å². The van der Waals surface area contributed by atoms with E-state index in [2.05, 4.69) is 39.3 Å². The van der Waals surface area contributed by atoms with Gasteiger partial charge in [0.15, 0.2) is 0 Å². The van der Waals surface area contributed by atoms with Crippen LogP contribution in [-0.4, -0.2) is 62.4 Å². The Morgan fingerprint density at radius 3 is 2.87 bits per heavy atom. The molecule has 2 aliphatic heterocycles. The van der Waals surface area contributed by atoms with Crippen molar-refractivity contribution >= 4 is 18.2 Å². The molecule has 2 saturated heterocycles. The first-order valence-electron chi connectivity index (χ1n) is 8.39. The van der Waals surface area contributed by atoms with Crippen molar-refractivity contribution in [3.05, 3.63) is 23.9 Å². The van der Waals surface area contributed by atoms with Crippen LogP contribution >= 0.6 is 12.4 Å². The Morgan fingerprint density at radius 2 is 2.13 bits per heavy atom. The molecule has 2 fully saturated rings. The first-order chi connectivity index (χ1) is 10.8. The number of rotatable bonds is 6. The Kier molecular flexibility index (Phi) is 7.09. The highest BCUT2D eigenvalue weighted by molar-refractivity contribution is 5.85. The molecule has 23 heavy (non-hydrogen) atoms. The zero-order chi connectivity index (χ0) is 15.4. The van der Waals surface area contributed by atoms with Gasteiger partial charge in [-0.3, -0.25) is 4.90 Å². The van der Waals surface area contributed by atoms with Crippen LogP contribution in [0.1, 0.15) is 24.8 Å². The highest BCUT2D eigenvalue weighted by Crippen LogP contribution is 2.29. The molecule has 0 aromatic carbocycles. The molecule has 1 aromatic rings. The summed E-state index contributed by atoms with van der Waals surface area (Å²) in [4.78, 5) is 9.44. The molecule has 0 radical (unpaired) electrons. The lowest BCUT2D eigenvalue weighted by molar-refractivity contribution is 0.193. The monoisotopic (exact) mass is 340 g/mol. The molecular weight excluding hydrogens is 312 g/mol. The average molecular weight is 341 g/mol. The molecule has 0 amide bonds. The average Bonchev–Trinajstić information content (AvgIpc) is 2.78. The fourth-order valence-electron chi connectivity index (χ4n) is 3.63. The second-order valence-corrected chi connectivity index (χ2v) is 6.49. The lowest BCUT2D eigenvalue weighted by atomic mass is 10.1. The lowest BCUT2D eigenvalue weighted by Crippen LogP contribution is -2.37. The predicted octanol–water partition coefficient (Wildman–Crippen LogP) is 1.91.